The Hall–Kier alpha value is -2.25. The molecular weight excluding hydrogens is 379 g/mol. The zero-order valence-electron chi connectivity index (χ0n) is 15.9. The first-order valence-electron chi connectivity index (χ1n) is 9.39. The number of benzene rings is 2. The Balaban J connectivity index is 1.52. The van der Waals surface area contributed by atoms with Crippen LogP contribution in [-0.2, 0) is 27.1 Å². The molecule has 0 bridgehead atoms. The van der Waals surface area contributed by atoms with Gasteiger partial charge in [0, 0.05) is 31.1 Å². The molecule has 28 heavy (non-hydrogen) atoms. The molecule has 1 aliphatic rings. The number of rotatable bonds is 6. The summed E-state index contributed by atoms with van der Waals surface area (Å²) in [5.74, 6) is -1.13. The molecule has 1 saturated heterocycles. The number of carbonyl (C=O) groups is 1. The van der Waals surface area contributed by atoms with Crippen molar-refractivity contribution in [1.29, 1.82) is 0 Å². The Morgan fingerprint density at radius 3 is 2.54 bits per heavy atom. The molecule has 0 saturated carbocycles. The van der Waals surface area contributed by atoms with Gasteiger partial charge in [-0.1, -0.05) is 48.0 Å². The molecule has 3 rings (SSSR count). The van der Waals surface area contributed by atoms with Gasteiger partial charge in [0.1, 0.15) is 5.82 Å². The summed E-state index contributed by atoms with van der Waals surface area (Å²) in [6.45, 7) is 3.02. The SMILES string of the molecule is Cc1cccc(CNC(=O)C2CCN(S(=O)(=O)Cc3ccccc3F)CC2)c1. The molecule has 1 N–H and O–H groups in total. The van der Waals surface area contributed by atoms with E-state index in [1.165, 1.54) is 22.5 Å². The van der Waals surface area contributed by atoms with Crippen LogP contribution >= 0.6 is 0 Å². The largest absolute Gasteiger partial charge is 0.352 e. The first-order chi connectivity index (χ1) is 13.3. The van der Waals surface area contributed by atoms with E-state index in [1.807, 2.05) is 31.2 Å². The van der Waals surface area contributed by atoms with Gasteiger partial charge in [0.2, 0.25) is 15.9 Å². The van der Waals surface area contributed by atoms with Crippen LogP contribution in [0.1, 0.15) is 29.5 Å². The predicted octanol–water partition coefficient (Wildman–Crippen LogP) is 2.99. The first-order valence-corrected chi connectivity index (χ1v) is 11.0. The highest BCUT2D eigenvalue weighted by atomic mass is 32.2. The van der Waals surface area contributed by atoms with Crippen molar-refractivity contribution >= 4 is 15.9 Å². The molecule has 1 fully saturated rings. The molecule has 2 aromatic carbocycles. The Morgan fingerprint density at radius 1 is 1.14 bits per heavy atom. The van der Waals surface area contributed by atoms with E-state index in [1.54, 1.807) is 6.07 Å². The number of halogens is 1. The van der Waals surface area contributed by atoms with Crippen LogP contribution in [0.2, 0.25) is 0 Å². The van der Waals surface area contributed by atoms with E-state index in [0.29, 0.717) is 19.4 Å². The van der Waals surface area contributed by atoms with Crippen molar-refractivity contribution in [3.8, 4) is 0 Å². The van der Waals surface area contributed by atoms with Gasteiger partial charge in [-0.2, -0.15) is 0 Å². The summed E-state index contributed by atoms with van der Waals surface area (Å²) in [6, 6.07) is 13.8. The van der Waals surface area contributed by atoms with Gasteiger partial charge in [-0.25, -0.2) is 17.1 Å². The quantitative estimate of drug-likeness (QED) is 0.805. The molecule has 0 radical (unpaired) electrons. The lowest BCUT2D eigenvalue weighted by Crippen LogP contribution is -2.43. The van der Waals surface area contributed by atoms with E-state index in [-0.39, 0.29) is 36.2 Å². The van der Waals surface area contributed by atoms with Crippen molar-refractivity contribution in [2.45, 2.75) is 32.1 Å². The molecule has 1 aliphatic heterocycles. The van der Waals surface area contributed by atoms with Gasteiger partial charge in [0.05, 0.1) is 5.75 Å². The average Bonchev–Trinajstić information content (AvgIpc) is 2.68. The summed E-state index contributed by atoms with van der Waals surface area (Å²) in [5, 5.41) is 2.94. The maximum absolute atomic E-state index is 13.8. The van der Waals surface area contributed by atoms with E-state index in [2.05, 4.69) is 5.32 Å². The van der Waals surface area contributed by atoms with Crippen LogP contribution in [0.25, 0.3) is 0 Å². The zero-order chi connectivity index (χ0) is 20.1. The van der Waals surface area contributed by atoms with Crippen molar-refractivity contribution in [1.82, 2.24) is 9.62 Å². The van der Waals surface area contributed by atoms with Crippen molar-refractivity contribution in [2.75, 3.05) is 13.1 Å². The van der Waals surface area contributed by atoms with Crippen LogP contribution in [0.3, 0.4) is 0 Å². The summed E-state index contributed by atoms with van der Waals surface area (Å²) in [5.41, 5.74) is 2.35. The molecule has 0 aliphatic carbocycles. The van der Waals surface area contributed by atoms with Crippen LogP contribution in [0.4, 0.5) is 4.39 Å². The first kappa shape index (κ1) is 20.5. The van der Waals surface area contributed by atoms with Gasteiger partial charge in [-0.3, -0.25) is 4.79 Å². The van der Waals surface area contributed by atoms with E-state index >= 15 is 0 Å². The highest BCUT2D eigenvalue weighted by molar-refractivity contribution is 7.88. The van der Waals surface area contributed by atoms with Gasteiger partial charge in [-0.05, 0) is 31.4 Å². The summed E-state index contributed by atoms with van der Waals surface area (Å²) >= 11 is 0. The lowest BCUT2D eigenvalue weighted by molar-refractivity contribution is -0.126. The minimum Gasteiger partial charge on any atom is -0.352 e. The molecule has 0 unspecified atom stereocenters. The number of amides is 1. The summed E-state index contributed by atoms with van der Waals surface area (Å²) < 4.78 is 40.3. The van der Waals surface area contributed by atoms with Gasteiger partial charge < -0.3 is 5.32 Å². The van der Waals surface area contributed by atoms with Crippen LogP contribution in [0.5, 0.6) is 0 Å². The van der Waals surface area contributed by atoms with Gasteiger partial charge in [0.15, 0.2) is 0 Å². The molecule has 5 nitrogen and oxygen atoms in total. The zero-order valence-corrected chi connectivity index (χ0v) is 16.7. The normalized spacial score (nSPS) is 16.1. The molecule has 0 spiro atoms. The topological polar surface area (TPSA) is 66.5 Å². The number of carbonyl (C=O) groups excluding carboxylic acids is 1. The summed E-state index contributed by atoms with van der Waals surface area (Å²) in [4.78, 5) is 12.4. The Labute approximate surface area is 165 Å². The molecular formula is C21H25FN2O3S. The Kier molecular flexibility index (Phi) is 6.46. The van der Waals surface area contributed by atoms with Gasteiger partial charge >= 0.3 is 0 Å². The molecule has 1 amide bonds. The number of aryl methyl sites for hydroxylation is 1. The van der Waals surface area contributed by atoms with Crippen LogP contribution in [0, 0.1) is 18.7 Å². The monoisotopic (exact) mass is 404 g/mol. The van der Waals surface area contributed by atoms with Crippen LogP contribution in [0.15, 0.2) is 48.5 Å². The number of sulfonamides is 1. The lowest BCUT2D eigenvalue weighted by atomic mass is 9.97. The van der Waals surface area contributed by atoms with E-state index in [9.17, 15) is 17.6 Å². The molecule has 0 aromatic heterocycles. The van der Waals surface area contributed by atoms with E-state index in [0.717, 1.165) is 11.1 Å². The maximum atomic E-state index is 13.8. The molecule has 7 heteroatoms. The lowest BCUT2D eigenvalue weighted by Gasteiger charge is -2.30. The van der Waals surface area contributed by atoms with Crippen LogP contribution < -0.4 is 5.32 Å². The van der Waals surface area contributed by atoms with E-state index < -0.39 is 15.8 Å². The molecule has 2 aromatic rings. The maximum Gasteiger partial charge on any atom is 0.223 e. The van der Waals surface area contributed by atoms with Crippen molar-refractivity contribution in [3.63, 3.8) is 0 Å². The summed E-state index contributed by atoms with van der Waals surface area (Å²) in [7, 11) is -3.61. The predicted molar refractivity (Wildman–Crippen MR) is 106 cm³/mol. The second kappa shape index (κ2) is 8.84. The molecule has 150 valence electrons. The minimum absolute atomic E-state index is 0.0485. The fraction of sp³-hybridized carbons (Fsp3) is 0.381. The summed E-state index contributed by atoms with van der Waals surface area (Å²) in [6.07, 6.45) is 0.937. The third-order valence-corrected chi connectivity index (χ3v) is 6.89. The van der Waals surface area contributed by atoms with E-state index in [4.69, 9.17) is 0 Å². The number of hydrogen-bond donors (Lipinski definition) is 1. The highest BCUT2D eigenvalue weighted by Gasteiger charge is 2.31. The highest BCUT2D eigenvalue weighted by Crippen LogP contribution is 2.22. The van der Waals surface area contributed by atoms with Crippen LogP contribution in [-0.4, -0.2) is 31.7 Å². The second-order valence-corrected chi connectivity index (χ2v) is 9.20. The third-order valence-electron chi connectivity index (χ3n) is 5.06. The van der Waals surface area contributed by atoms with Crippen molar-refractivity contribution in [2.24, 2.45) is 5.92 Å². The average molecular weight is 405 g/mol. The third kappa shape index (κ3) is 5.17. The number of piperidine rings is 1. The standard InChI is InChI=1S/C21H25FN2O3S/c1-16-5-4-6-17(13-16)14-23-21(25)18-9-11-24(12-10-18)28(26,27)15-19-7-2-3-8-20(19)22/h2-8,13,18H,9-12,14-15H2,1H3,(H,23,25). The second-order valence-electron chi connectivity index (χ2n) is 7.23. The Bertz CT molecular complexity index is 938. The van der Waals surface area contributed by atoms with Crippen molar-refractivity contribution < 1.29 is 17.6 Å². The van der Waals surface area contributed by atoms with Crippen molar-refractivity contribution in [3.05, 3.63) is 71.0 Å². The fourth-order valence-corrected chi connectivity index (χ4v) is 5.03. The molecule has 0 atom stereocenters. The van der Waals surface area contributed by atoms with Gasteiger partial charge in [0.25, 0.3) is 0 Å². The smallest absolute Gasteiger partial charge is 0.223 e. The minimum atomic E-state index is -3.61. The number of hydrogen-bond acceptors (Lipinski definition) is 3. The fourth-order valence-electron chi connectivity index (χ4n) is 3.46. The Morgan fingerprint density at radius 2 is 1.86 bits per heavy atom. The van der Waals surface area contributed by atoms with Gasteiger partial charge in [-0.15, -0.1) is 0 Å². The number of nitrogens with zero attached hydrogens (tertiary/aromatic N) is 1. The molecule has 1 heterocycles. The number of nitrogens with one attached hydrogen (secondary N) is 1.